The molecule has 1 aromatic heterocycles. The lowest BCUT2D eigenvalue weighted by atomic mass is 10.1. The second-order valence-corrected chi connectivity index (χ2v) is 7.17. The van der Waals surface area contributed by atoms with Gasteiger partial charge in [0.25, 0.3) is 0 Å². The van der Waals surface area contributed by atoms with Gasteiger partial charge in [-0.3, -0.25) is 9.59 Å². The van der Waals surface area contributed by atoms with E-state index in [-0.39, 0.29) is 12.0 Å². The van der Waals surface area contributed by atoms with Crippen LogP contribution < -0.4 is 10.7 Å². The van der Waals surface area contributed by atoms with E-state index >= 15 is 0 Å². The Kier molecular flexibility index (Phi) is 5.81. The number of carbonyl (C=O) groups excluding carboxylic acids is 1. The fourth-order valence-electron chi connectivity index (χ4n) is 3.12. The monoisotopic (exact) mass is 384 g/mol. The topological polar surface area (TPSA) is 88.4 Å². The molecule has 0 aliphatic rings. The Morgan fingerprint density at radius 3 is 2.15 bits per heavy atom. The number of benzene rings is 2. The maximum Gasteiger partial charge on any atom is 0.326 e. The number of hydrogen-bond acceptors (Lipinski definition) is 4. The van der Waals surface area contributed by atoms with Gasteiger partial charge in [-0.05, 0) is 42.7 Å². The zero-order valence-corrected chi connectivity index (χ0v) is 15.7. The summed E-state index contributed by atoms with van der Waals surface area (Å²) in [7, 11) is 0. The predicted molar refractivity (Wildman–Crippen MR) is 108 cm³/mol. The molecular weight excluding hydrogens is 364 g/mol. The number of fused-ring (bicyclic) bond motifs is 2. The van der Waals surface area contributed by atoms with Crippen molar-refractivity contribution in [2.75, 3.05) is 12.0 Å². The molecule has 7 heteroatoms. The Labute approximate surface area is 160 Å². The lowest BCUT2D eigenvalue weighted by Gasteiger charge is -2.17. The first-order chi connectivity index (χ1) is 13.0. The third-order valence-electron chi connectivity index (χ3n) is 4.42. The number of nitrogens with one attached hydrogen (secondary N) is 1. The zero-order valence-electron chi connectivity index (χ0n) is 14.8. The first kappa shape index (κ1) is 19.0. The number of aromatic nitrogens is 1. The minimum Gasteiger partial charge on any atom is -0.480 e. The number of nitrogens with zero attached hydrogens (tertiary/aromatic N) is 1. The van der Waals surface area contributed by atoms with E-state index in [4.69, 9.17) is 0 Å². The Morgan fingerprint density at radius 1 is 1.07 bits per heavy atom. The molecule has 0 fully saturated rings. The second kappa shape index (κ2) is 8.26. The summed E-state index contributed by atoms with van der Waals surface area (Å²) in [5.74, 6) is -0.810. The van der Waals surface area contributed by atoms with E-state index in [2.05, 4.69) is 5.32 Å². The molecule has 0 unspecified atom stereocenters. The standard InChI is InChI=1S/C20H20N2O4S/c1-27-11-10-15(20(25)26)21-18(23)12-22-16-8-4-2-6-13(16)19(24)14-7-3-5-9-17(14)22/h2-9,15H,10-12H2,1H3,(H,21,23)(H,25,26)/t15-/m0/s1. The minimum atomic E-state index is -1.05. The van der Waals surface area contributed by atoms with E-state index < -0.39 is 17.9 Å². The molecule has 0 saturated heterocycles. The van der Waals surface area contributed by atoms with Gasteiger partial charge in [0.05, 0.1) is 11.0 Å². The van der Waals surface area contributed by atoms with Crippen LogP contribution in [0.25, 0.3) is 21.8 Å². The molecule has 6 nitrogen and oxygen atoms in total. The number of carbonyl (C=O) groups is 2. The van der Waals surface area contributed by atoms with Crippen molar-refractivity contribution in [3.8, 4) is 0 Å². The van der Waals surface area contributed by atoms with E-state index in [1.165, 1.54) is 11.8 Å². The van der Waals surface area contributed by atoms with E-state index in [0.717, 1.165) is 0 Å². The number of amides is 1. The molecule has 0 saturated carbocycles. The van der Waals surface area contributed by atoms with Crippen molar-refractivity contribution < 1.29 is 14.7 Å². The van der Waals surface area contributed by atoms with Gasteiger partial charge in [-0.2, -0.15) is 11.8 Å². The Hall–Kier alpha value is -2.80. The van der Waals surface area contributed by atoms with Crippen molar-refractivity contribution in [3.63, 3.8) is 0 Å². The van der Waals surface area contributed by atoms with E-state index in [1.807, 2.05) is 18.4 Å². The maximum atomic E-state index is 12.7. The number of pyridine rings is 1. The third kappa shape index (κ3) is 3.98. The molecule has 0 bridgehead atoms. The molecule has 0 aliphatic heterocycles. The summed E-state index contributed by atoms with van der Waals surface area (Å²) in [6.45, 7) is -0.0651. The van der Waals surface area contributed by atoms with Crippen LogP contribution in [0.15, 0.2) is 53.3 Å². The molecule has 1 amide bonds. The van der Waals surface area contributed by atoms with Crippen LogP contribution >= 0.6 is 11.8 Å². The Bertz CT molecular complexity index is 1000. The number of thioether (sulfide) groups is 1. The smallest absolute Gasteiger partial charge is 0.326 e. The number of hydrogen-bond donors (Lipinski definition) is 2. The maximum absolute atomic E-state index is 12.7. The number of para-hydroxylation sites is 2. The highest BCUT2D eigenvalue weighted by Crippen LogP contribution is 2.19. The summed E-state index contributed by atoms with van der Waals surface area (Å²) in [6.07, 6.45) is 2.24. The minimum absolute atomic E-state index is 0.0651. The summed E-state index contributed by atoms with van der Waals surface area (Å²) >= 11 is 1.53. The molecule has 0 radical (unpaired) electrons. The molecule has 140 valence electrons. The van der Waals surface area contributed by atoms with Crippen LogP contribution in [-0.4, -0.2) is 39.6 Å². The van der Waals surface area contributed by atoms with Gasteiger partial charge < -0.3 is 15.0 Å². The van der Waals surface area contributed by atoms with Crippen molar-refractivity contribution in [1.82, 2.24) is 9.88 Å². The number of aliphatic carboxylic acids is 1. The van der Waals surface area contributed by atoms with Gasteiger partial charge in [-0.1, -0.05) is 24.3 Å². The van der Waals surface area contributed by atoms with Gasteiger partial charge >= 0.3 is 5.97 Å². The molecular formula is C20H20N2O4S. The number of rotatable bonds is 7. The lowest BCUT2D eigenvalue weighted by Crippen LogP contribution is -2.42. The van der Waals surface area contributed by atoms with Crippen molar-refractivity contribution in [3.05, 3.63) is 58.8 Å². The first-order valence-corrected chi connectivity index (χ1v) is 9.93. The second-order valence-electron chi connectivity index (χ2n) is 6.19. The zero-order chi connectivity index (χ0) is 19.4. The molecule has 0 spiro atoms. The average Bonchev–Trinajstić information content (AvgIpc) is 2.68. The molecule has 1 atom stereocenters. The lowest BCUT2D eigenvalue weighted by molar-refractivity contribution is -0.141. The Morgan fingerprint density at radius 2 is 1.63 bits per heavy atom. The van der Waals surface area contributed by atoms with Gasteiger partial charge in [-0.25, -0.2) is 4.79 Å². The van der Waals surface area contributed by atoms with Crippen LogP contribution in [0.5, 0.6) is 0 Å². The highest BCUT2D eigenvalue weighted by Gasteiger charge is 2.20. The van der Waals surface area contributed by atoms with Crippen LogP contribution in [0.2, 0.25) is 0 Å². The van der Waals surface area contributed by atoms with Crippen LogP contribution in [-0.2, 0) is 16.1 Å². The van der Waals surface area contributed by atoms with Crippen molar-refractivity contribution in [1.29, 1.82) is 0 Å². The fraction of sp³-hybridized carbons (Fsp3) is 0.250. The van der Waals surface area contributed by atoms with Crippen LogP contribution in [0.3, 0.4) is 0 Å². The van der Waals surface area contributed by atoms with Gasteiger partial charge in [0.2, 0.25) is 5.91 Å². The van der Waals surface area contributed by atoms with Crippen molar-refractivity contribution in [2.24, 2.45) is 0 Å². The molecule has 1 heterocycles. The summed E-state index contributed by atoms with van der Waals surface area (Å²) in [4.78, 5) is 36.7. The van der Waals surface area contributed by atoms with E-state index in [9.17, 15) is 19.5 Å². The Balaban J connectivity index is 2.00. The van der Waals surface area contributed by atoms with E-state index in [0.29, 0.717) is 34.0 Å². The first-order valence-electron chi connectivity index (χ1n) is 8.54. The molecule has 27 heavy (non-hydrogen) atoms. The number of carboxylic acid groups (broad SMARTS) is 1. The van der Waals surface area contributed by atoms with Crippen LogP contribution in [0.4, 0.5) is 0 Å². The average molecular weight is 384 g/mol. The molecule has 2 aromatic carbocycles. The predicted octanol–water partition coefficient (Wildman–Crippen LogP) is 2.48. The fourth-order valence-corrected chi connectivity index (χ4v) is 3.60. The number of carboxylic acids is 1. The van der Waals surface area contributed by atoms with Gasteiger partial charge in [0.15, 0.2) is 5.43 Å². The molecule has 2 N–H and O–H groups in total. The largest absolute Gasteiger partial charge is 0.480 e. The van der Waals surface area contributed by atoms with Gasteiger partial charge in [0.1, 0.15) is 12.6 Å². The quantitative estimate of drug-likeness (QED) is 0.611. The summed E-state index contributed by atoms with van der Waals surface area (Å²) in [6, 6.07) is 13.3. The highest BCUT2D eigenvalue weighted by molar-refractivity contribution is 7.98. The van der Waals surface area contributed by atoms with Crippen molar-refractivity contribution in [2.45, 2.75) is 19.0 Å². The summed E-state index contributed by atoms with van der Waals surface area (Å²) in [5.41, 5.74) is 1.21. The van der Waals surface area contributed by atoms with Crippen LogP contribution in [0.1, 0.15) is 6.42 Å². The highest BCUT2D eigenvalue weighted by atomic mass is 32.2. The van der Waals surface area contributed by atoms with Gasteiger partial charge in [-0.15, -0.1) is 0 Å². The van der Waals surface area contributed by atoms with E-state index in [1.54, 1.807) is 41.0 Å². The van der Waals surface area contributed by atoms with Gasteiger partial charge in [0, 0.05) is 10.8 Å². The van der Waals surface area contributed by atoms with Crippen LogP contribution in [0, 0.1) is 0 Å². The van der Waals surface area contributed by atoms with Crippen molar-refractivity contribution >= 4 is 45.4 Å². The third-order valence-corrected chi connectivity index (χ3v) is 5.07. The molecule has 0 aliphatic carbocycles. The summed E-state index contributed by atoms with van der Waals surface area (Å²) in [5, 5.41) is 13.0. The normalized spacial score (nSPS) is 12.2. The molecule has 3 aromatic rings. The summed E-state index contributed by atoms with van der Waals surface area (Å²) < 4.78 is 1.76. The molecule has 3 rings (SSSR count). The SMILES string of the molecule is CSCC[C@H](NC(=O)Cn1c2ccccc2c(=O)c2ccccc21)C(=O)O.